The average Bonchev–Trinajstić information content (AvgIpc) is 2.08. The van der Waals surface area contributed by atoms with E-state index in [0.29, 0.717) is 0 Å². The van der Waals surface area contributed by atoms with Gasteiger partial charge in [0, 0.05) is 20.6 Å². The number of nitrogens with one attached hydrogen (secondary N) is 1. The molecule has 0 saturated heterocycles. The minimum Gasteiger partial charge on any atom is -0.481 e. The lowest BCUT2D eigenvalue weighted by molar-refractivity contribution is -0.141. The van der Waals surface area contributed by atoms with Crippen molar-refractivity contribution >= 4 is 16.2 Å². The van der Waals surface area contributed by atoms with Crippen LogP contribution in [0, 0.1) is 5.41 Å². The number of nitrogens with zero attached hydrogens (tertiary/aromatic N) is 1. The Kier molecular flexibility index (Phi) is 3.92. The lowest BCUT2D eigenvalue weighted by atomic mass is 9.67. The average molecular weight is 250 g/mol. The van der Waals surface area contributed by atoms with Crippen LogP contribution in [0.25, 0.3) is 0 Å². The number of hydrogen-bond donors (Lipinski definition) is 2. The van der Waals surface area contributed by atoms with E-state index in [1.54, 1.807) is 0 Å². The van der Waals surface area contributed by atoms with Crippen molar-refractivity contribution in [3.63, 3.8) is 0 Å². The van der Waals surface area contributed by atoms with Gasteiger partial charge in [-0.15, -0.1) is 0 Å². The molecule has 0 aliphatic heterocycles. The van der Waals surface area contributed by atoms with Crippen LogP contribution in [0.5, 0.6) is 0 Å². The van der Waals surface area contributed by atoms with Gasteiger partial charge in [-0.25, -0.2) is 4.72 Å². The topological polar surface area (TPSA) is 86.7 Å². The maximum atomic E-state index is 11.5. The third-order valence-corrected chi connectivity index (χ3v) is 4.52. The van der Waals surface area contributed by atoms with Crippen LogP contribution in [0.2, 0.25) is 0 Å². The summed E-state index contributed by atoms with van der Waals surface area (Å²) in [6.07, 6.45) is 2.55. The molecule has 1 aliphatic carbocycles. The molecule has 2 N–H and O–H groups in total. The fourth-order valence-electron chi connectivity index (χ4n) is 1.79. The number of aliphatic carboxylic acids is 1. The Labute approximate surface area is 95.8 Å². The van der Waals surface area contributed by atoms with Crippen molar-refractivity contribution in [3.05, 3.63) is 0 Å². The molecule has 1 rings (SSSR count). The van der Waals surface area contributed by atoms with Gasteiger partial charge in [-0.1, -0.05) is 6.42 Å². The van der Waals surface area contributed by atoms with E-state index in [9.17, 15) is 13.2 Å². The van der Waals surface area contributed by atoms with Gasteiger partial charge in [-0.3, -0.25) is 4.79 Å². The maximum Gasteiger partial charge on any atom is 0.303 e. The molecule has 1 fully saturated rings. The number of carboxylic acids is 1. The molecule has 0 aromatic rings. The monoisotopic (exact) mass is 250 g/mol. The second kappa shape index (κ2) is 4.68. The Hall–Kier alpha value is -0.660. The Morgan fingerprint density at radius 1 is 1.44 bits per heavy atom. The van der Waals surface area contributed by atoms with Crippen LogP contribution in [0.1, 0.15) is 25.7 Å². The lowest BCUT2D eigenvalue weighted by Crippen LogP contribution is -2.46. The molecule has 0 unspecified atom stereocenters. The molecular weight excluding hydrogens is 232 g/mol. The summed E-state index contributed by atoms with van der Waals surface area (Å²) in [5.41, 5.74) is -0.380. The molecule has 0 heterocycles. The van der Waals surface area contributed by atoms with Crippen molar-refractivity contribution in [1.82, 2.24) is 9.03 Å². The van der Waals surface area contributed by atoms with Crippen molar-refractivity contribution in [2.75, 3.05) is 20.6 Å². The highest BCUT2D eigenvalue weighted by molar-refractivity contribution is 7.87. The first-order chi connectivity index (χ1) is 7.27. The third-order valence-electron chi connectivity index (χ3n) is 3.05. The van der Waals surface area contributed by atoms with E-state index in [-0.39, 0.29) is 18.4 Å². The zero-order valence-corrected chi connectivity index (χ0v) is 10.4. The predicted octanol–water partition coefficient (Wildman–Crippen LogP) is 0.0274. The minimum absolute atomic E-state index is 0.0307. The summed E-state index contributed by atoms with van der Waals surface area (Å²) < 4.78 is 26.5. The molecule has 1 aliphatic rings. The molecule has 0 aromatic carbocycles. The van der Waals surface area contributed by atoms with Gasteiger partial charge in [-0.2, -0.15) is 12.7 Å². The smallest absolute Gasteiger partial charge is 0.303 e. The van der Waals surface area contributed by atoms with E-state index in [1.165, 1.54) is 14.1 Å². The summed E-state index contributed by atoms with van der Waals surface area (Å²) in [5, 5.41) is 8.77. The summed E-state index contributed by atoms with van der Waals surface area (Å²) in [6.45, 7) is 0.208. The summed E-state index contributed by atoms with van der Waals surface area (Å²) in [6, 6.07) is 0. The van der Waals surface area contributed by atoms with Crippen LogP contribution in [0.3, 0.4) is 0 Å². The number of carboxylic acid groups (broad SMARTS) is 1. The molecule has 1 saturated carbocycles. The van der Waals surface area contributed by atoms with E-state index in [1.807, 2.05) is 0 Å². The summed E-state index contributed by atoms with van der Waals surface area (Å²) in [7, 11) is -0.578. The van der Waals surface area contributed by atoms with Crippen molar-refractivity contribution in [1.29, 1.82) is 0 Å². The second-order valence-electron chi connectivity index (χ2n) is 4.53. The van der Waals surface area contributed by atoms with Gasteiger partial charge in [0.2, 0.25) is 0 Å². The van der Waals surface area contributed by atoms with Gasteiger partial charge in [0.1, 0.15) is 0 Å². The van der Waals surface area contributed by atoms with Gasteiger partial charge >= 0.3 is 5.97 Å². The Morgan fingerprint density at radius 2 is 2.00 bits per heavy atom. The highest BCUT2D eigenvalue weighted by Crippen LogP contribution is 2.43. The molecule has 0 aromatic heterocycles. The summed E-state index contributed by atoms with van der Waals surface area (Å²) in [5.74, 6) is -0.872. The Bertz CT molecular complexity index is 360. The molecule has 7 heteroatoms. The van der Waals surface area contributed by atoms with Crippen LogP contribution in [-0.2, 0) is 15.0 Å². The zero-order chi connectivity index (χ0) is 12.4. The standard InChI is InChI=1S/C9H18N2O4S/c1-11(2)16(14,15)10-7-9(4-3-5-9)6-8(12)13/h10H,3-7H2,1-2H3,(H,12,13). The van der Waals surface area contributed by atoms with E-state index < -0.39 is 16.2 Å². The quantitative estimate of drug-likeness (QED) is 0.696. The molecule has 94 valence electrons. The maximum absolute atomic E-state index is 11.5. The first kappa shape index (κ1) is 13.4. The fourth-order valence-corrected chi connectivity index (χ4v) is 2.53. The number of carbonyl (C=O) groups is 1. The molecule has 0 radical (unpaired) electrons. The largest absolute Gasteiger partial charge is 0.481 e. The number of rotatable bonds is 6. The highest BCUT2D eigenvalue weighted by Gasteiger charge is 2.39. The zero-order valence-electron chi connectivity index (χ0n) is 9.56. The van der Waals surface area contributed by atoms with Crippen molar-refractivity contribution in [2.45, 2.75) is 25.7 Å². The van der Waals surface area contributed by atoms with Gasteiger partial charge in [-0.05, 0) is 18.3 Å². The Balaban J connectivity index is 2.56. The molecular formula is C9H18N2O4S. The van der Waals surface area contributed by atoms with Crippen LogP contribution < -0.4 is 4.72 Å². The van der Waals surface area contributed by atoms with Gasteiger partial charge in [0.05, 0.1) is 6.42 Å². The van der Waals surface area contributed by atoms with Crippen LogP contribution in [0.4, 0.5) is 0 Å². The van der Waals surface area contributed by atoms with Crippen molar-refractivity contribution in [2.24, 2.45) is 5.41 Å². The van der Waals surface area contributed by atoms with E-state index >= 15 is 0 Å². The molecule has 6 nitrogen and oxygen atoms in total. The van der Waals surface area contributed by atoms with E-state index in [4.69, 9.17) is 5.11 Å². The number of hydrogen-bond acceptors (Lipinski definition) is 3. The lowest BCUT2D eigenvalue weighted by Gasteiger charge is -2.40. The molecule has 16 heavy (non-hydrogen) atoms. The SMILES string of the molecule is CN(C)S(=O)(=O)NCC1(CC(=O)O)CCC1. The van der Waals surface area contributed by atoms with Crippen LogP contribution >= 0.6 is 0 Å². The van der Waals surface area contributed by atoms with Crippen molar-refractivity contribution < 1.29 is 18.3 Å². The van der Waals surface area contributed by atoms with Crippen LogP contribution in [-0.4, -0.2) is 44.4 Å². The van der Waals surface area contributed by atoms with Gasteiger partial charge in [0.25, 0.3) is 10.2 Å². The summed E-state index contributed by atoms with van der Waals surface area (Å²) >= 11 is 0. The third kappa shape index (κ3) is 3.16. The van der Waals surface area contributed by atoms with Gasteiger partial charge in [0.15, 0.2) is 0 Å². The normalized spacial score (nSPS) is 19.4. The highest BCUT2D eigenvalue weighted by atomic mass is 32.2. The Morgan fingerprint density at radius 3 is 2.31 bits per heavy atom. The molecule has 0 atom stereocenters. The predicted molar refractivity (Wildman–Crippen MR) is 59.1 cm³/mol. The summed E-state index contributed by atoms with van der Waals surface area (Å²) in [4.78, 5) is 10.7. The van der Waals surface area contributed by atoms with Gasteiger partial charge < -0.3 is 5.11 Å². The molecule has 0 spiro atoms. The van der Waals surface area contributed by atoms with E-state index in [2.05, 4.69) is 4.72 Å². The molecule has 0 bridgehead atoms. The van der Waals surface area contributed by atoms with Crippen molar-refractivity contribution in [3.8, 4) is 0 Å². The van der Waals surface area contributed by atoms with Crippen LogP contribution in [0.15, 0.2) is 0 Å². The fraction of sp³-hybridized carbons (Fsp3) is 0.889. The first-order valence-electron chi connectivity index (χ1n) is 5.16. The minimum atomic E-state index is -3.45. The first-order valence-corrected chi connectivity index (χ1v) is 6.60. The second-order valence-corrected chi connectivity index (χ2v) is 6.50. The van der Waals surface area contributed by atoms with E-state index in [0.717, 1.165) is 23.6 Å². The molecule has 0 amide bonds.